The highest BCUT2D eigenvalue weighted by atomic mass is 32.2. The quantitative estimate of drug-likeness (QED) is 0.855. The van der Waals surface area contributed by atoms with E-state index in [0.29, 0.717) is 0 Å². The molecule has 0 atom stereocenters. The largest absolute Gasteiger partial charge is 0.317 e. The molecule has 0 bridgehead atoms. The molecule has 1 aliphatic heterocycles. The van der Waals surface area contributed by atoms with E-state index in [-0.39, 0.29) is 5.41 Å². The summed E-state index contributed by atoms with van der Waals surface area (Å²) >= 11 is 2.04. The molecule has 0 aromatic heterocycles. The predicted molar refractivity (Wildman–Crippen MR) is 76.9 cm³/mol. The van der Waals surface area contributed by atoms with Gasteiger partial charge in [-0.3, -0.25) is 0 Å². The van der Waals surface area contributed by atoms with E-state index in [1.807, 2.05) is 11.8 Å². The van der Waals surface area contributed by atoms with Crippen LogP contribution in [-0.2, 0) is 5.41 Å². The van der Waals surface area contributed by atoms with Gasteiger partial charge in [-0.05, 0) is 49.0 Å². The van der Waals surface area contributed by atoms with E-state index in [1.54, 1.807) is 0 Å². The first-order valence-electron chi connectivity index (χ1n) is 6.53. The van der Waals surface area contributed by atoms with Crippen molar-refractivity contribution in [1.29, 1.82) is 0 Å². The molecule has 1 heterocycles. The molecule has 0 spiro atoms. The second-order valence-electron chi connectivity index (χ2n) is 5.84. The molecule has 17 heavy (non-hydrogen) atoms. The number of rotatable bonds is 2. The van der Waals surface area contributed by atoms with Crippen molar-refractivity contribution in [2.45, 2.75) is 49.2 Å². The average Bonchev–Trinajstić information content (AvgIpc) is 2.30. The molecule has 1 nitrogen and oxygen atoms in total. The lowest BCUT2D eigenvalue weighted by atomic mass is 9.87. The van der Waals surface area contributed by atoms with Crippen molar-refractivity contribution in [3.8, 4) is 0 Å². The van der Waals surface area contributed by atoms with Crippen molar-refractivity contribution < 1.29 is 0 Å². The number of thioether (sulfide) groups is 1. The van der Waals surface area contributed by atoms with Gasteiger partial charge in [0.1, 0.15) is 0 Å². The lowest BCUT2D eigenvalue weighted by molar-refractivity contribution is 0.531. The fourth-order valence-corrected chi connectivity index (χ4v) is 3.29. The molecule has 0 radical (unpaired) electrons. The third kappa shape index (κ3) is 3.75. The predicted octanol–water partition coefficient (Wildman–Crippen LogP) is 3.83. The number of piperidine rings is 1. The van der Waals surface area contributed by atoms with Crippen LogP contribution in [0, 0.1) is 0 Å². The Morgan fingerprint density at radius 1 is 1.06 bits per heavy atom. The van der Waals surface area contributed by atoms with Gasteiger partial charge in [0, 0.05) is 10.1 Å². The van der Waals surface area contributed by atoms with Gasteiger partial charge in [0.25, 0.3) is 0 Å². The maximum absolute atomic E-state index is 3.42. The van der Waals surface area contributed by atoms with Gasteiger partial charge in [0.2, 0.25) is 0 Å². The van der Waals surface area contributed by atoms with E-state index in [0.717, 1.165) is 5.25 Å². The lowest BCUT2D eigenvalue weighted by Crippen LogP contribution is -2.29. The van der Waals surface area contributed by atoms with Gasteiger partial charge in [-0.2, -0.15) is 0 Å². The number of nitrogens with one attached hydrogen (secondary N) is 1. The van der Waals surface area contributed by atoms with Crippen LogP contribution in [0.4, 0.5) is 0 Å². The van der Waals surface area contributed by atoms with Crippen LogP contribution in [0.15, 0.2) is 29.2 Å². The maximum atomic E-state index is 3.42. The Morgan fingerprint density at radius 2 is 1.65 bits per heavy atom. The van der Waals surface area contributed by atoms with Crippen molar-refractivity contribution in [2.75, 3.05) is 13.1 Å². The maximum Gasteiger partial charge on any atom is 0.0118 e. The summed E-state index contributed by atoms with van der Waals surface area (Å²) in [6.45, 7) is 9.15. The fourth-order valence-electron chi connectivity index (χ4n) is 2.14. The van der Waals surface area contributed by atoms with Crippen LogP contribution >= 0.6 is 11.8 Å². The molecule has 94 valence electrons. The zero-order valence-corrected chi connectivity index (χ0v) is 11.9. The SMILES string of the molecule is CC(C)(C)c1ccc(SC2CCNCC2)cc1. The molecule has 1 N–H and O–H groups in total. The van der Waals surface area contributed by atoms with Crippen LogP contribution in [0.1, 0.15) is 39.2 Å². The smallest absolute Gasteiger partial charge is 0.0118 e. The molecule has 2 heteroatoms. The van der Waals surface area contributed by atoms with Crippen LogP contribution in [0.3, 0.4) is 0 Å². The van der Waals surface area contributed by atoms with Crippen LogP contribution in [0.5, 0.6) is 0 Å². The molecule has 1 fully saturated rings. The first-order chi connectivity index (χ1) is 8.05. The van der Waals surface area contributed by atoms with Gasteiger partial charge >= 0.3 is 0 Å². The Labute approximate surface area is 109 Å². The van der Waals surface area contributed by atoms with Crippen molar-refractivity contribution in [2.24, 2.45) is 0 Å². The molecule has 2 rings (SSSR count). The highest BCUT2D eigenvalue weighted by molar-refractivity contribution is 8.00. The van der Waals surface area contributed by atoms with Crippen LogP contribution < -0.4 is 5.32 Å². The Kier molecular flexibility index (Phi) is 4.16. The van der Waals surface area contributed by atoms with E-state index in [9.17, 15) is 0 Å². The summed E-state index contributed by atoms with van der Waals surface area (Å²) in [6.07, 6.45) is 2.59. The molecule has 1 aliphatic rings. The minimum Gasteiger partial charge on any atom is -0.317 e. The topological polar surface area (TPSA) is 12.0 Å². The molecule has 0 saturated carbocycles. The second kappa shape index (κ2) is 5.45. The van der Waals surface area contributed by atoms with Gasteiger partial charge in [-0.15, -0.1) is 11.8 Å². The minimum absolute atomic E-state index is 0.262. The zero-order chi connectivity index (χ0) is 12.3. The summed E-state index contributed by atoms with van der Waals surface area (Å²) in [5.74, 6) is 0. The standard InChI is InChI=1S/C15H23NS/c1-15(2,3)12-4-6-13(7-5-12)17-14-8-10-16-11-9-14/h4-7,14,16H,8-11H2,1-3H3. The van der Waals surface area contributed by atoms with Gasteiger partial charge in [0.15, 0.2) is 0 Å². The summed E-state index contributed by atoms with van der Waals surface area (Å²) in [5.41, 5.74) is 1.69. The first-order valence-corrected chi connectivity index (χ1v) is 7.41. The Bertz CT molecular complexity index is 344. The molecule has 0 aliphatic carbocycles. The van der Waals surface area contributed by atoms with E-state index in [4.69, 9.17) is 0 Å². The minimum atomic E-state index is 0.262. The van der Waals surface area contributed by atoms with E-state index >= 15 is 0 Å². The molecule has 0 unspecified atom stereocenters. The van der Waals surface area contributed by atoms with Crippen molar-refractivity contribution in [1.82, 2.24) is 5.32 Å². The van der Waals surface area contributed by atoms with Crippen LogP contribution in [0.25, 0.3) is 0 Å². The van der Waals surface area contributed by atoms with E-state index in [2.05, 4.69) is 50.4 Å². The molecule has 1 aromatic rings. The van der Waals surface area contributed by atoms with Crippen molar-refractivity contribution >= 4 is 11.8 Å². The first kappa shape index (κ1) is 13.0. The molecule has 1 aromatic carbocycles. The average molecular weight is 249 g/mol. The van der Waals surface area contributed by atoms with E-state index < -0.39 is 0 Å². The zero-order valence-electron chi connectivity index (χ0n) is 11.1. The van der Waals surface area contributed by atoms with Crippen LogP contribution in [0.2, 0.25) is 0 Å². The van der Waals surface area contributed by atoms with Crippen molar-refractivity contribution in [3.05, 3.63) is 29.8 Å². The fraction of sp³-hybridized carbons (Fsp3) is 0.600. The highest BCUT2D eigenvalue weighted by Gasteiger charge is 2.16. The Balaban J connectivity index is 1.98. The number of hydrogen-bond acceptors (Lipinski definition) is 2. The summed E-state index contributed by atoms with van der Waals surface area (Å²) in [4.78, 5) is 1.42. The third-order valence-electron chi connectivity index (χ3n) is 3.31. The molecular weight excluding hydrogens is 226 g/mol. The third-order valence-corrected chi connectivity index (χ3v) is 4.66. The summed E-state index contributed by atoms with van der Waals surface area (Å²) in [5, 5.41) is 4.22. The van der Waals surface area contributed by atoms with Gasteiger partial charge < -0.3 is 5.32 Å². The number of benzene rings is 1. The molecular formula is C15H23NS. The summed E-state index contributed by atoms with van der Waals surface area (Å²) in [6, 6.07) is 9.13. The highest BCUT2D eigenvalue weighted by Crippen LogP contribution is 2.30. The van der Waals surface area contributed by atoms with Gasteiger partial charge in [0.05, 0.1) is 0 Å². The number of hydrogen-bond donors (Lipinski definition) is 1. The Hall–Kier alpha value is -0.470. The van der Waals surface area contributed by atoms with Gasteiger partial charge in [-0.25, -0.2) is 0 Å². The van der Waals surface area contributed by atoms with E-state index in [1.165, 1.54) is 36.4 Å². The van der Waals surface area contributed by atoms with Crippen LogP contribution in [-0.4, -0.2) is 18.3 Å². The monoisotopic (exact) mass is 249 g/mol. The molecule has 1 saturated heterocycles. The Morgan fingerprint density at radius 3 is 2.18 bits per heavy atom. The van der Waals surface area contributed by atoms with Crippen molar-refractivity contribution in [3.63, 3.8) is 0 Å². The second-order valence-corrected chi connectivity index (χ2v) is 7.22. The van der Waals surface area contributed by atoms with Gasteiger partial charge in [-0.1, -0.05) is 32.9 Å². The molecule has 0 amide bonds. The normalized spacial score (nSPS) is 18.3. The summed E-state index contributed by atoms with van der Waals surface area (Å²) in [7, 11) is 0. The summed E-state index contributed by atoms with van der Waals surface area (Å²) < 4.78 is 0. The lowest BCUT2D eigenvalue weighted by Gasteiger charge is -2.23.